The predicted molar refractivity (Wildman–Crippen MR) is 66.2 cm³/mol. The van der Waals surface area contributed by atoms with Crippen molar-refractivity contribution in [2.24, 2.45) is 0 Å². The molecular weight excluding hydrogens is 254 g/mol. The van der Waals surface area contributed by atoms with Gasteiger partial charge >= 0.3 is 5.97 Å². The van der Waals surface area contributed by atoms with Crippen LogP contribution in [0.2, 0.25) is 0 Å². The molecule has 5 nitrogen and oxygen atoms in total. The van der Waals surface area contributed by atoms with Crippen molar-refractivity contribution in [3.63, 3.8) is 0 Å². The molecule has 0 fully saturated rings. The van der Waals surface area contributed by atoms with E-state index in [9.17, 15) is 4.79 Å². The average Bonchev–Trinajstić information content (AvgIpc) is 2.80. The third-order valence-corrected chi connectivity index (χ3v) is 3.61. The van der Waals surface area contributed by atoms with Crippen LogP contribution in [-0.4, -0.2) is 28.6 Å². The molecule has 0 spiro atoms. The van der Waals surface area contributed by atoms with Gasteiger partial charge in [-0.15, -0.1) is 11.8 Å². The summed E-state index contributed by atoms with van der Waals surface area (Å²) in [5.74, 6) is 0.530. The molecule has 1 aromatic heterocycles. The van der Waals surface area contributed by atoms with E-state index in [2.05, 4.69) is 4.98 Å². The Kier molecular flexibility index (Phi) is 2.71. The van der Waals surface area contributed by atoms with E-state index in [1.54, 1.807) is 12.3 Å². The minimum absolute atomic E-state index is 0.0214. The monoisotopic (exact) mass is 263 g/mol. The maximum Gasteiger partial charge on any atom is 0.313 e. The van der Waals surface area contributed by atoms with Gasteiger partial charge in [0, 0.05) is 22.5 Å². The van der Waals surface area contributed by atoms with Gasteiger partial charge in [-0.1, -0.05) is 0 Å². The van der Waals surface area contributed by atoms with Crippen LogP contribution in [0.25, 0.3) is 10.9 Å². The summed E-state index contributed by atoms with van der Waals surface area (Å²) < 4.78 is 10.6. The van der Waals surface area contributed by atoms with Crippen molar-refractivity contribution < 1.29 is 19.4 Å². The second-order valence-electron chi connectivity index (χ2n) is 3.71. The number of hydrogen-bond donors (Lipinski definition) is 1. The summed E-state index contributed by atoms with van der Waals surface area (Å²) in [6, 6.07) is 5.45. The fourth-order valence-corrected chi connectivity index (χ4v) is 2.53. The molecule has 0 aliphatic carbocycles. The number of nitrogens with zero attached hydrogens (tertiary/aromatic N) is 1. The van der Waals surface area contributed by atoms with Crippen LogP contribution in [0.5, 0.6) is 11.5 Å². The van der Waals surface area contributed by atoms with Crippen LogP contribution in [0, 0.1) is 0 Å². The largest absolute Gasteiger partial charge is 0.481 e. The Bertz CT molecular complexity index is 629. The van der Waals surface area contributed by atoms with Crippen LogP contribution in [0.4, 0.5) is 0 Å². The summed E-state index contributed by atoms with van der Waals surface area (Å²) in [6.07, 6.45) is 1.66. The minimum atomic E-state index is -0.842. The molecule has 1 aromatic carbocycles. The van der Waals surface area contributed by atoms with Crippen molar-refractivity contribution in [3.05, 3.63) is 24.4 Å². The van der Waals surface area contributed by atoms with Crippen LogP contribution < -0.4 is 9.47 Å². The summed E-state index contributed by atoms with van der Waals surface area (Å²) in [5.41, 5.74) is 0.773. The van der Waals surface area contributed by atoms with E-state index in [1.165, 1.54) is 11.8 Å². The predicted octanol–water partition coefficient (Wildman–Crippen LogP) is 2.14. The van der Waals surface area contributed by atoms with Gasteiger partial charge in [-0.2, -0.15) is 0 Å². The summed E-state index contributed by atoms with van der Waals surface area (Å²) in [4.78, 5) is 15.7. The van der Waals surface area contributed by atoms with Crippen molar-refractivity contribution in [2.75, 3.05) is 12.5 Å². The summed E-state index contributed by atoms with van der Waals surface area (Å²) in [7, 11) is 0. The van der Waals surface area contributed by atoms with Crippen molar-refractivity contribution >= 4 is 28.6 Å². The molecule has 18 heavy (non-hydrogen) atoms. The van der Waals surface area contributed by atoms with Gasteiger partial charge in [0.15, 0.2) is 11.5 Å². The molecule has 0 saturated heterocycles. The number of rotatable bonds is 3. The quantitative estimate of drug-likeness (QED) is 0.856. The van der Waals surface area contributed by atoms with E-state index in [1.807, 2.05) is 12.1 Å². The van der Waals surface area contributed by atoms with Crippen molar-refractivity contribution in [2.45, 2.75) is 4.90 Å². The van der Waals surface area contributed by atoms with E-state index in [0.717, 1.165) is 15.8 Å². The first-order valence-corrected chi connectivity index (χ1v) is 6.25. The van der Waals surface area contributed by atoms with E-state index < -0.39 is 5.97 Å². The molecule has 3 rings (SSSR count). The molecule has 92 valence electrons. The Hall–Kier alpha value is -1.95. The number of fused-ring (bicyclic) bond motifs is 2. The van der Waals surface area contributed by atoms with E-state index in [4.69, 9.17) is 14.6 Å². The number of ether oxygens (including phenoxy) is 2. The van der Waals surface area contributed by atoms with Gasteiger partial charge in [0.25, 0.3) is 0 Å². The molecule has 2 heterocycles. The fourth-order valence-electron chi connectivity index (χ4n) is 1.78. The average molecular weight is 263 g/mol. The third kappa shape index (κ3) is 1.95. The Morgan fingerprint density at radius 3 is 2.94 bits per heavy atom. The highest BCUT2D eigenvalue weighted by molar-refractivity contribution is 8.00. The number of pyridine rings is 1. The Balaban J connectivity index is 2.06. The zero-order chi connectivity index (χ0) is 12.5. The molecule has 1 aliphatic heterocycles. The highest BCUT2D eigenvalue weighted by Crippen LogP contribution is 2.38. The first kappa shape index (κ1) is 11.2. The van der Waals surface area contributed by atoms with Crippen LogP contribution in [0.15, 0.2) is 29.3 Å². The number of hydrogen-bond acceptors (Lipinski definition) is 5. The Morgan fingerprint density at radius 1 is 1.39 bits per heavy atom. The molecular formula is C12H9NO4S. The van der Waals surface area contributed by atoms with Crippen molar-refractivity contribution in [3.8, 4) is 11.5 Å². The highest BCUT2D eigenvalue weighted by atomic mass is 32.2. The van der Waals surface area contributed by atoms with E-state index in [-0.39, 0.29) is 12.5 Å². The lowest BCUT2D eigenvalue weighted by Gasteiger charge is -2.05. The van der Waals surface area contributed by atoms with Gasteiger partial charge in [0.05, 0.1) is 11.3 Å². The van der Waals surface area contributed by atoms with Gasteiger partial charge in [-0.3, -0.25) is 9.78 Å². The van der Waals surface area contributed by atoms with Gasteiger partial charge in [-0.05, 0) is 12.1 Å². The molecule has 0 radical (unpaired) electrons. The summed E-state index contributed by atoms with van der Waals surface area (Å²) in [5, 5.41) is 9.60. The highest BCUT2D eigenvalue weighted by Gasteiger charge is 2.16. The maximum atomic E-state index is 10.6. The lowest BCUT2D eigenvalue weighted by Crippen LogP contribution is -1.97. The summed E-state index contributed by atoms with van der Waals surface area (Å²) in [6.45, 7) is 0.212. The molecule has 2 aromatic rings. The van der Waals surface area contributed by atoms with Gasteiger partial charge in [0.2, 0.25) is 6.79 Å². The number of carboxylic acids is 1. The molecule has 1 N–H and O–H groups in total. The first-order valence-electron chi connectivity index (χ1n) is 5.27. The van der Waals surface area contributed by atoms with Gasteiger partial charge in [0.1, 0.15) is 0 Å². The molecule has 0 bridgehead atoms. The van der Waals surface area contributed by atoms with Gasteiger partial charge < -0.3 is 14.6 Å². The Morgan fingerprint density at radius 2 is 2.17 bits per heavy atom. The lowest BCUT2D eigenvalue weighted by atomic mass is 10.2. The molecule has 6 heteroatoms. The van der Waals surface area contributed by atoms with E-state index in [0.29, 0.717) is 11.5 Å². The Labute approximate surface area is 107 Å². The zero-order valence-corrected chi connectivity index (χ0v) is 10.1. The van der Waals surface area contributed by atoms with Gasteiger partial charge in [-0.25, -0.2) is 0 Å². The van der Waals surface area contributed by atoms with Crippen molar-refractivity contribution in [1.82, 2.24) is 4.98 Å². The second kappa shape index (κ2) is 4.38. The molecule has 0 amide bonds. The van der Waals surface area contributed by atoms with Crippen molar-refractivity contribution in [1.29, 1.82) is 0 Å². The SMILES string of the molecule is O=C(O)CSc1ccnc2cc3c(cc12)OCO3. The number of carboxylic acid groups (broad SMARTS) is 1. The normalized spacial score (nSPS) is 12.9. The zero-order valence-electron chi connectivity index (χ0n) is 9.25. The second-order valence-corrected chi connectivity index (χ2v) is 4.73. The lowest BCUT2D eigenvalue weighted by molar-refractivity contribution is -0.133. The maximum absolute atomic E-state index is 10.6. The molecule has 0 saturated carbocycles. The number of aliphatic carboxylic acids is 1. The molecule has 0 unspecified atom stereocenters. The molecule has 0 atom stereocenters. The van der Waals surface area contributed by atoms with Crippen LogP contribution >= 0.6 is 11.8 Å². The third-order valence-electron chi connectivity index (χ3n) is 2.55. The summed E-state index contributed by atoms with van der Waals surface area (Å²) >= 11 is 1.27. The van der Waals surface area contributed by atoms with Crippen LogP contribution in [-0.2, 0) is 4.79 Å². The van der Waals surface area contributed by atoms with Crippen LogP contribution in [0.1, 0.15) is 0 Å². The number of carbonyl (C=O) groups is 1. The van der Waals surface area contributed by atoms with Crippen LogP contribution in [0.3, 0.4) is 0 Å². The first-order chi connectivity index (χ1) is 8.74. The van der Waals surface area contributed by atoms with E-state index >= 15 is 0 Å². The minimum Gasteiger partial charge on any atom is -0.481 e. The topological polar surface area (TPSA) is 68.7 Å². The fraction of sp³-hybridized carbons (Fsp3) is 0.167. The number of thioether (sulfide) groups is 1. The smallest absolute Gasteiger partial charge is 0.313 e. The standard InChI is InChI=1S/C12H9NO4S/c14-12(15)5-18-11-1-2-13-8-4-10-9(3-7(8)11)16-6-17-10/h1-4H,5-6H2,(H,14,15). The molecule has 1 aliphatic rings. The number of aromatic nitrogens is 1. The number of benzene rings is 1.